The summed E-state index contributed by atoms with van der Waals surface area (Å²) in [5.74, 6) is -0.630. The fourth-order valence-electron chi connectivity index (χ4n) is 5.13. The highest BCUT2D eigenvalue weighted by Crippen LogP contribution is 2.32. The summed E-state index contributed by atoms with van der Waals surface area (Å²) in [6.07, 6.45) is 7.66. The fourth-order valence-corrected chi connectivity index (χ4v) is 5.13. The number of ether oxygens (including phenoxy) is 2. The minimum atomic E-state index is -0.693. The lowest BCUT2D eigenvalue weighted by Gasteiger charge is -2.32. The van der Waals surface area contributed by atoms with Gasteiger partial charge in [0.2, 0.25) is 5.95 Å². The molecule has 0 amide bonds. The predicted octanol–water partition coefficient (Wildman–Crippen LogP) is 4.50. The molecule has 1 aliphatic heterocycles. The Morgan fingerprint density at radius 1 is 1.14 bits per heavy atom. The number of rotatable bonds is 10. The van der Waals surface area contributed by atoms with Crippen molar-refractivity contribution in [1.29, 1.82) is 5.26 Å². The number of halogens is 2. The third-order valence-corrected chi connectivity index (χ3v) is 7.33. The largest absolute Gasteiger partial charge is 0.383 e. The van der Waals surface area contributed by atoms with Crippen LogP contribution in [0.1, 0.15) is 45.4 Å². The van der Waals surface area contributed by atoms with E-state index in [4.69, 9.17) is 9.47 Å². The molecule has 10 heteroatoms. The number of pyridine rings is 2. The highest BCUT2D eigenvalue weighted by molar-refractivity contribution is 5.69. The summed E-state index contributed by atoms with van der Waals surface area (Å²) >= 11 is 0. The van der Waals surface area contributed by atoms with E-state index in [0.717, 1.165) is 25.7 Å². The summed E-state index contributed by atoms with van der Waals surface area (Å²) in [5, 5.41) is 19.7. The van der Waals surface area contributed by atoms with Crippen molar-refractivity contribution in [2.24, 2.45) is 5.41 Å². The van der Waals surface area contributed by atoms with Crippen molar-refractivity contribution in [2.45, 2.75) is 63.6 Å². The van der Waals surface area contributed by atoms with Crippen LogP contribution in [-0.2, 0) is 9.47 Å². The van der Waals surface area contributed by atoms with Gasteiger partial charge in [-0.05, 0) is 57.6 Å². The van der Waals surface area contributed by atoms with Crippen LogP contribution >= 0.6 is 0 Å². The molecule has 0 spiro atoms. The molecule has 2 aromatic heterocycles. The zero-order valence-corrected chi connectivity index (χ0v) is 21.5. The van der Waals surface area contributed by atoms with Gasteiger partial charge in [0.1, 0.15) is 11.6 Å². The minimum absolute atomic E-state index is 0.137. The minimum Gasteiger partial charge on any atom is -0.383 e. The maximum Gasteiger partial charge on any atom is 0.236 e. The fraction of sp³-hybridized carbons (Fsp3) is 0.593. The van der Waals surface area contributed by atoms with Crippen LogP contribution in [0.25, 0.3) is 11.1 Å². The number of nitriles is 1. The van der Waals surface area contributed by atoms with Crippen molar-refractivity contribution in [2.75, 3.05) is 44.1 Å². The summed E-state index contributed by atoms with van der Waals surface area (Å²) in [4.78, 5) is 8.07. The van der Waals surface area contributed by atoms with E-state index in [-0.39, 0.29) is 23.8 Å². The molecule has 1 atom stereocenters. The van der Waals surface area contributed by atoms with Crippen molar-refractivity contribution in [1.82, 2.24) is 15.3 Å². The van der Waals surface area contributed by atoms with Crippen molar-refractivity contribution in [3.8, 4) is 17.2 Å². The third-order valence-electron chi connectivity index (χ3n) is 7.33. The Labute approximate surface area is 217 Å². The normalized spacial score (nSPS) is 22.1. The average Bonchev–Trinajstić information content (AvgIpc) is 2.91. The Morgan fingerprint density at radius 3 is 2.57 bits per heavy atom. The van der Waals surface area contributed by atoms with E-state index in [1.54, 1.807) is 13.2 Å². The van der Waals surface area contributed by atoms with Crippen LogP contribution < -0.4 is 16.0 Å². The maximum atomic E-state index is 14.8. The van der Waals surface area contributed by atoms with Crippen molar-refractivity contribution >= 4 is 11.5 Å². The van der Waals surface area contributed by atoms with Gasteiger partial charge in [-0.15, -0.1) is 0 Å². The van der Waals surface area contributed by atoms with Crippen LogP contribution in [0.2, 0.25) is 0 Å². The summed E-state index contributed by atoms with van der Waals surface area (Å²) in [7, 11) is 1.71. The van der Waals surface area contributed by atoms with E-state index in [0.29, 0.717) is 56.1 Å². The van der Waals surface area contributed by atoms with Crippen LogP contribution in [0.3, 0.4) is 0 Å². The van der Waals surface area contributed by atoms with E-state index in [1.165, 1.54) is 18.5 Å². The number of aromatic nitrogens is 2. The Hall–Kier alpha value is -2.87. The first-order valence-electron chi connectivity index (χ1n) is 13.0. The van der Waals surface area contributed by atoms with Gasteiger partial charge < -0.3 is 25.4 Å². The van der Waals surface area contributed by atoms with Crippen molar-refractivity contribution in [3.05, 3.63) is 36.3 Å². The first-order valence-corrected chi connectivity index (χ1v) is 13.0. The number of anilines is 2. The Kier molecular flexibility index (Phi) is 9.24. The number of nitrogens with one attached hydrogen (secondary N) is 3. The molecule has 0 bridgehead atoms. The van der Waals surface area contributed by atoms with Crippen LogP contribution in [0.5, 0.6) is 0 Å². The number of hydrogen-bond acceptors (Lipinski definition) is 8. The molecule has 0 unspecified atom stereocenters. The van der Waals surface area contributed by atoms with E-state index < -0.39 is 17.2 Å². The van der Waals surface area contributed by atoms with Crippen LogP contribution in [-0.4, -0.2) is 61.6 Å². The third kappa shape index (κ3) is 7.12. The van der Waals surface area contributed by atoms with Crippen LogP contribution in [0, 0.1) is 28.5 Å². The second kappa shape index (κ2) is 12.6. The molecule has 3 heterocycles. The molecule has 0 radical (unpaired) electrons. The lowest BCUT2D eigenvalue weighted by molar-refractivity contribution is 0.0456. The highest BCUT2D eigenvalue weighted by atomic mass is 19.1. The van der Waals surface area contributed by atoms with Crippen LogP contribution in [0.15, 0.2) is 24.5 Å². The van der Waals surface area contributed by atoms with E-state index >= 15 is 0 Å². The Morgan fingerprint density at radius 2 is 1.86 bits per heavy atom. The summed E-state index contributed by atoms with van der Waals surface area (Å²) in [6, 6.07) is 6.55. The van der Waals surface area contributed by atoms with E-state index in [2.05, 4.69) is 38.9 Å². The first-order chi connectivity index (χ1) is 17.9. The van der Waals surface area contributed by atoms with Gasteiger partial charge in [0.05, 0.1) is 30.0 Å². The Bertz CT molecular complexity index is 1080. The summed E-state index contributed by atoms with van der Waals surface area (Å²) in [6.45, 7) is 4.07. The second-order valence-corrected chi connectivity index (χ2v) is 10.2. The molecule has 3 N–H and O–H groups in total. The molecule has 200 valence electrons. The monoisotopic (exact) mass is 514 g/mol. The van der Waals surface area contributed by atoms with Gasteiger partial charge >= 0.3 is 0 Å². The van der Waals surface area contributed by atoms with Gasteiger partial charge in [0.15, 0.2) is 0 Å². The van der Waals surface area contributed by atoms with Gasteiger partial charge in [0, 0.05) is 62.3 Å². The molecule has 1 saturated carbocycles. The molecular formula is C27H36F2N6O2. The average molecular weight is 515 g/mol. The summed E-state index contributed by atoms with van der Waals surface area (Å²) in [5.41, 5.74) is 0.233. The van der Waals surface area contributed by atoms with Crippen molar-refractivity contribution < 1.29 is 18.3 Å². The van der Waals surface area contributed by atoms with Gasteiger partial charge in [-0.3, -0.25) is 0 Å². The smallest absolute Gasteiger partial charge is 0.236 e. The lowest BCUT2D eigenvalue weighted by Crippen LogP contribution is -2.42. The standard InChI is InChI=1S/C27H36F2N6O2/c1-18(15-36-2)34-20-3-5-21(6-4-20)35-25-12-22(23(28)14-31-25)19-11-24(26(29)32-13-19)33-17-27(16-30)7-9-37-10-8-27/h11-14,18,20-21,33-34H,3-10,15,17H2,1-2H3,(H,31,35)/t18-,20?,21?/m0/s1. The van der Waals surface area contributed by atoms with E-state index in [1.807, 2.05) is 0 Å². The summed E-state index contributed by atoms with van der Waals surface area (Å²) < 4.78 is 39.9. The molecular weight excluding hydrogens is 478 g/mol. The quantitative estimate of drug-likeness (QED) is 0.398. The molecule has 37 heavy (non-hydrogen) atoms. The van der Waals surface area contributed by atoms with Crippen LogP contribution in [0.4, 0.5) is 20.3 Å². The van der Waals surface area contributed by atoms with Gasteiger partial charge in [0.25, 0.3) is 0 Å². The molecule has 0 aromatic carbocycles. The number of methoxy groups -OCH3 is 1. The SMILES string of the molecule is COC[C@H](C)NC1CCC(Nc2cc(-c3cnc(F)c(NCC4(C#N)CCOCC4)c3)c(F)cn2)CC1. The van der Waals surface area contributed by atoms with Gasteiger partial charge in [-0.2, -0.15) is 9.65 Å². The highest BCUT2D eigenvalue weighted by Gasteiger charge is 2.33. The topological polar surface area (TPSA) is 104 Å². The number of nitrogens with zero attached hydrogens (tertiary/aromatic N) is 3. The zero-order valence-electron chi connectivity index (χ0n) is 21.5. The zero-order chi connectivity index (χ0) is 26.3. The molecule has 2 fully saturated rings. The predicted molar refractivity (Wildman–Crippen MR) is 138 cm³/mol. The van der Waals surface area contributed by atoms with Gasteiger partial charge in [-0.25, -0.2) is 14.4 Å². The first kappa shape index (κ1) is 27.2. The molecule has 2 aromatic rings. The van der Waals surface area contributed by atoms with Gasteiger partial charge in [-0.1, -0.05) is 0 Å². The molecule has 4 rings (SSSR count). The molecule has 1 aliphatic carbocycles. The van der Waals surface area contributed by atoms with Crippen molar-refractivity contribution in [3.63, 3.8) is 0 Å². The maximum absolute atomic E-state index is 14.8. The van der Waals surface area contributed by atoms with E-state index in [9.17, 15) is 14.0 Å². The second-order valence-electron chi connectivity index (χ2n) is 10.2. The molecule has 2 aliphatic rings. The lowest BCUT2D eigenvalue weighted by atomic mass is 9.81. The Balaban J connectivity index is 1.41. The number of hydrogen-bond donors (Lipinski definition) is 3. The molecule has 1 saturated heterocycles. The molecule has 8 nitrogen and oxygen atoms in total.